The summed E-state index contributed by atoms with van der Waals surface area (Å²) < 4.78 is 12.9. The number of amides is 1. The number of fused-ring (bicyclic) bond motifs is 1. The number of aromatic nitrogens is 4. The predicted octanol–water partition coefficient (Wildman–Crippen LogP) is 4.12. The van der Waals surface area contributed by atoms with Gasteiger partial charge in [0.25, 0.3) is 5.91 Å². The Labute approximate surface area is 262 Å². The van der Waals surface area contributed by atoms with Crippen molar-refractivity contribution in [3.8, 4) is 17.2 Å². The molecule has 0 radical (unpaired) electrons. The fourth-order valence-corrected chi connectivity index (χ4v) is 6.21. The summed E-state index contributed by atoms with van der Waals surface area (Å²) in [6.45, 7) is 5.93. The Morgan fingerprint density at radius 3 is 2.13 bits per heavy atom. The van der Waals surface area contributed by atoms with Crippen molar-refractivity contribution >= 4 is 34.1 Å². The van der Waals surface area contributed by atoms with E-state index in [1.807, 2.05) is 76.4 Å². The lowest BCUT2D eigenvalue weighted by atomic mass is 10.1. The summed E-state index contributed by atoms with van der Waals surface area (Å²) >= 11 is 0. The monoisotopic (exact) mass is 604 g/mol. The van der Waals surface area contributed by atoms with Gasteiger partial charge in [0.05, 0.1) is 37.2 Å². The first-order chi connectivity index (χ1) is 22.1. The highest BCUT2D eigenvalue weighted by Crippen LogP contribution is 2.33. The molecule has 0 unspecified atom stereocenters. The zero-order valence-corrected chi connectivity index (χ0v) is 25.5. The van der Waals surface area contributed by atoms with Gasteiger partial charge in [-0.05, 0) is 54.6 Å². The number of piperazine rings is 2. The molecule has 7 rings (SSSR count). The van der Waals surface area contributed by atoms with E-state index in [9.17, 15) is 4.79 Å². The van der Waals surface area contributed by atoms with Crippen molar-refractivity contribution in [1.82, 2.24) is 24.6 Å². The van der Waals surface area contributed by atoms with E-state index < -0.39 is 0 Å². The van der Waals surface area contributed by atoms with Gasteiger partial charge in [-0.15, -0.1) is 0 Å². The minimum absolute atomic E-state index is 0.0470. The largest absolute Gasteiger partial charge is 0.497 e. The van der Waals surface area contributed by atoms with Crippen molar-refractivity contribution in [2.24, 2.45) is 0 Å². The lowest BCUT2D eigenvalue weighted by Gasteiger charge is -2.38. The van der Waals surface area contributed by atoms with E-state index in [1.165, 1.54) is 0 Å². The highest BCUT2D eigenvalue weighted by atomic mass is 16.5. The van der Waals surface area contributed by atoms with Gasteiger partial charge in [-0.3, -0.25) is 4.79 Å². The van der Waals surface area contributed by atoms with E-state index >= 15 is 0 Å². The van der Waals surface area contributed by atoms with Crippen molar-refractivity contribution in [3.05, 3.63) is 90.9 Å². The quantitative estimate of drug-likeness (QED) is 0.272. The Balaban J connectivity index is 1.03. The van der Waals surface area contributed by atoms with E-state index in [1.54, 1.807) is 20.5 Å². The second kappa shape index (κ2) is 12.4. The maximum atomic E-state index is 13.6. The third kappa shape index (κ3) is 5.57. The van der Waals surface area contributed by atoms with Gasteiger partial charge in [-0.25, -0.2) is 14.6 Å². The molecule has 11 heteroatoms. The van der Waals surface area contributed by atoms with Crippen LogP contribution in [0.25, 0.3) is 16.7 Å². The second-order valence-electron chi connectivity index (χ2n) is 11.2. The van der Waals surface area contributed by atoms with Gasteiger partial charge in [-0.1, -0.05) is 18.2 Å². The van der Waals surface area contributed by atoms with Gasteiger partial charge < -0.3 is 29.1 Å². The van der Waals surface area contributed by atoms with Gasteiger partial charge in [-0.2, -0.15) is 5.10 Å². The maximum absolute atomic E-state index is 13.6. The highest BCUT2D eigenvalue weighted by Gasteiger charge is 2.26. The molecule has 1 amide bonds. The number of methoxy groups -OCH3 is 2. The van der Waals surface area contributed by atoms with E-state index in [-0.39, 0.29) is 5.91 Å². The Morgan fingerprint density at radius 2 is 1.42 bits per heavy atom. The van der Waals surface area contributed by atoms with Gasteiger partial charge >= 0.3 is 0 Å². The fourth-order valence-electron chi connectivity index (χ4n) is 6.21. The Morgan fingerprint density at radius 1 is 0.711 bits per heavy atom. The second-order valence-corrected chi connectivity index (χ2v) is 11.2. The molecule has 230 valence electrons. The van der Waals surface area contributed by atoms with Crippen LogP contribution in [0.4, 0.5) is 17.2 Å². The van der Waals surface area contributed by atoms with Gasteiger partial charge in [0, 0.05) is 63.6 Å². The summed E-state index contributed by atoms with van der Waals surface area (Å²) in [4.78, 5) is 31.6. The number of hydrogen-bond acceptors (Lipinski definition) is 9. The molecule has 2 aliphatic rings. The minimum Gasteiger partial charge on any atom is -0.497 e. The SMILES string of the molecule is COc1ccc(N2CCN(C(=O)c3ccc(OC)c(N4CCN(c5ncnc6c5cnn6-c5ccccc5)CC4)c3)CC2)cc1. The van der Waals surface area contributed by atoms with E-state index in [4.69, 9.17) is 9.47 Å². The Kier molecular flexibility index (Phi) is 7.81. The van der Waals surface area contributed by atoms with Crippen molar-refractivity contribution in [1.29, 1.82) is 0 Å². The lowest BCUT2D eigenvalue weighted by Crippen LogP contribution is -2.49. The molecule has 45 heavy (non-hydrogen) atoms. The first kappa shape index (κ1) is 28.5. The summed E-state index contributed by atoms with van der Waals surface area (Å²) in [5.74, 6) is 2.53. The zero-order chi connectivity index (χ0) is 30.8. The van der Waals surface area contributed by atoms with Crippen LogP contribution in [0.5, 0.6) is 11.5 Å². The third-order valence-electron chi connectivity index (χ3n) is 8.70. The van der Waals surface area contributed by atoms with E-state index in [0.29, 0.717) is 18.7 Å². The van der Waals surface area contributed by atoms with E-state index in [0.717, 1.165) is 84.7 Å². The molecule has 2 saturated heterocycles. The molecule has 0 aliphatic carbocycles. The zero-order valence-electron chi connectivity index (χ0n) is 25.5. The summed E-state index contributed by atoms with van der Waals surface area (Å²) in [5, 5.41) is 5.54. The number of ether oxygens (including phenoxy) is 2. The molecule has 2 aromatic heterocycles. The Hall–Kier alpha value is -5.32. The lowest BCUT2D eigenvalue weighted by molar-refractivity contribution is 0.0747. The van der Waals surface area contributed by atoms with Gasteiger partial charge in [0.15, 0.2) is 5.65 Å². The van der Waals surface area contributed by atoms with Crippen LogP contribution in [0.3, 0.4) is 0 Å². The van der Waals surface area contributed by atoms with Crippen LogP contribution in [0.15, 0.2) is 85.3 Å². The van der Waals surface area contributed by atoms with Gasteiger partial charge in [0.2, 0.25) is 0 Å². The minimum atomic E-state index is 0.0470. The van der Waals surface area contributed by atoms with Crippen LogP contribution < -0.4 is 24.2 Å². The normalized spacial score (nSPS) is 15.4. The predicted molar refractivity (Wildman–Crippen MR) is 175 cm³/mol. The molecule has 0 spiro atoms. The number of anilines is 3. The number of para-hydroxylation sites is 1. The molecular formula is C34H36N8O3. The average molecular weight is 605 g/mol. The van der Waals surface area contributed by atoms with Crippen LogP contribution >= 0.6 is 0 Å². The topological polar surface area (TPSA) is 92.1 Å². The molecular weight excluding hydrogens is 568 g/mol. The number of nitrogens with zero attached hydrogens (tertiary/aromatic N) is 8. The highest BCUT2D eigenvalue weighted by molar-refractivity contribution is 5.96. The van der Waals surface area contributed by atoms with Crippen molar-refractivity contribution in [2.45, 2.75) is 0 Å². The number of carbonyl (C=O) groups excluding carboxylic acids is 1. The van der Waals surface area contributed by atoms with Crippen LogP contribution in [0.1, 0.15) is 10.4 Å². The summed E-state index contributed by atoms with van der Waals surface area (Å²) in [5.41, 5.74) is 4.50. The maximum Gasteiger partial charge on any atom is 0.254 e. The smallest absolute Gasteiger partial charge is 0.254 e. The summed E-state index contributed by atoms with van der Waals surface area (Å²) in [6.07, 6.45) is 3.46. The number of rotatable bonds is 7. The number of carbonyl (C=O) groups is 1. The molecule has 2 aliphatic heterocycles. The first-order valence-electron chi connectivity index (χ1n) is 15.2. The van der Waals surface area contributed by atoms with Crippen LogP contribution in [-0.2, 0) is 0 Å². The van der Waals surface area contributed by atoms with E-state index in [2.05, 4.69) is 41.9 Å². The molecule has 0 bridgehead atoms. The average Bonchev–Trinajstić information content (AvgIpc) is 3.56. The van der Waals surface area contributed by atoms with Crippen LogP contribution in [0.2, 0.25) is 0 Å². The van der Waals surface area contributed by atoms with Crippen molar-refractivity contribution in [3.63, 3.8) is 0 Å². The summed E-state index contributed by atoms with van der Waals surface area (Å²) in [7, 11) is 3.35. The van der Waals surface area contributed by atoms with Crippen molar-refractivity contribution < 1.29 is 14.3 Å². The van der Waals surface area contributed by atoms with Crippen molar-refractivity contribution in [2.75, 3.05) is 81.3 Å². The molecule has 2 fully saturated rings. The molecule has 0 saturated carbocycles. The first-order valence-corrected chi connectivity index (χ1v) is 15.2. The Bertz CT molecular complexity index is 1780. The van der Waals surface area contributed by atoms with Crippen LogP contribution in [-0.4, -0.2) is 97.1 Å². The standard InChI is InChI=1S/C34H36N8O3/c1-44-28-11-9-26(10-12-28)38-14-20-41(21-15-38)34(43)25-8-13-31(45-2)30(22-25)39-16-18-40(19-17-39)32-29-23-37-42(33(29)36-24-35-32)27-6-4-3-5-7-27/h3-13,22-24H,14-21H2,1-2H3. The molecule has 5 aromatic rings. The molecule has 11 nitrogen and oxygen atoms in total. The molecule has 0 atom stereocenters. The number of benzene rings is 3. The summed E-state index contributed by atoms with van der Waals surface area (Å²) in [6, 6.07) is 23.8. The molecule has 3 aromatic carbocycles. The molecule has 0 N–H and O–H groups in total. The molecule has 4 heterocycles. The van der Waals surface area contributed by atoms with Gasteiger partial charge in [0.1, 0.15) is 23.6 Å². The third-order valence-corrected chi connectivity index (χ3v) is 8.70. The number of hydrogen-bond donors (Lipinski definition) is 0. The van der Waals surface area contributed by atoms with Crippen LogP contribution in [0, 0.1) is 0 Å². The fraction of sp³-hybridized carbons (Fsp3) is 0.294.